The number of carbonyl (C=O) groups excluding carboxylic acids is 1. The molecule has 0 spiro atoms. The second-order valence-corrected chi connectivity index (χ2v) is 4.14. The maximum absolute atomic E-state index is 11.5. The molecule has 0 aromatic heterocycles. The monoisotopic (exact) mass is 262 g/mol. The van der Waals surface area contributed by atoms with Crippen LogP contribution >= 0.6 is 0 Å². The Morgan fingerprint density at radius 3 is 2.42 bits per heavy atom. The first-order valence-corrected chi connectivity index (χ1v) is 5.85. The molecule has 0 saturated carbocycles. The highest BCUT2D eigenvalue weighted by atomic mass is 16.4. The van der Waals surface area contributed by atoms with Crippen LogP contribution in [-0.2, 0) is 4.79 Å². The van der Waals surface area contributed by atoms with Crippen molar-refractivity contribution < 1.29 is 10.0 Å². The van der Waals surface area contributed by atoms with Gasteiger partial charge >= 0.3 is 0 Å². The molecule has 0 atom stereocenters. The van der Waals surface area contributed by atoms with E-state index < -0.39 is 0 Å². The SMILES string of the molecule is CC(=N\O)/C(C)=N/NC(=O)CNc1ccc(C)cc1. The Morgan fingerprint density at radius 2 is 1.84 bits per heavy atom. The third-order valence-electron chi connectivity index (χ3n) is 2.53. The number of benzene rings is 1. The summed E-state index contributed by atoms with van der Waals surface area (Å²) in [5.41, 5.74) is 5.21. The molecule has 1 aromatic rings. The molecule has 0 saturated heterocycles. The summed E-state index contributed by atoms with van der Waals surface area (Å²) in [6.45, 7) is 5.35. The van der Waals surface area contributed by atoms with Crippen molar-refractivity contribution in [1.82, 2.24) is 5.43 Å². The molecule has 3 N–H and O–H groups in total. The van der Waals surface area contributed by atoms with Crippen LogP contribution in [0.15, 0.2) is 34.5 Å². The van der Waals surface area contributed by atoms with Gasteiger partial charge in [0.05, 0.1) is 18.0 Å². The fourth-order valence-corrected chi connectivity index (χ4v) is 1.19. The van der Waals surface area contributed by atoms with Gasteiger partial charge in [-0.05, 0) is 32.9 Å². The van der Waals surface area contributed by atoms with E-state index in [2.05, 4.69) is 21.0 Å². The minimum atomic E-state index is -0.273. The van der Waals surface area contributed by atoms with E-state index in [0.717, 1.165) is 11.3 Å². The zero-order valence-corrected chi connectivity index (χ0v) is 11.3. The Morgan fingerprint density at radius 1 is 1.21 bits per heavy atom. The van der Waals surface area contributed by atoms with E-state index in [1.165, 1.54) is 0 Å². The summed E-state index contributed by atoms with van der Waals surface area (Å²) < 4.78 is 0. The Hall–Kier alpha value is -2.37. The van der Waals surface area contributed by atoms with E-state index in [4.69, 9.17) is 5.21 Å². The molecule has 0 radical (unpaired) electrons. The van der Waals surface area contributed by atoms with Crippen molar-refractivity contribution in [1.29, 1.82) is 0 Å². The average Bonchev–Trinajstić information content (AvgIpc) is 2.43. The van der Waals surface area contributed by atoms with Crippen LogP contribution < -0.4 is 10.7 Å². The fourth-order valence-electron chi connectivity index (χ4n) is 1.19. The molecule has 0 heterocycles. The number of anilines is 1. The molecule has 0 bridgehead atoms. The molecule has 0 aliphatic carbocycles. The molecule has 19 heavy (non-hydrogen) atoms. The van der Waals surface area contributed by atoms with Crippen LogP contribution in [0, 0.1) is 6.92 Å². The smallest absolute Gasteiger partial charge is 0.259 e. The van der Waals surface area contributed by atoms with Crippen molar-refractivity contribution in [2.24, 2.45) is 10.3 Å². The minimum Gasteiger partial charge on any atom is -0.411 e. The Bertz CT molecular complexity index is 492. The zero-order valence-electron chi connectivity index (χ0n) is 11.3. The topological polar surface area (TPSA) is 86.1 Å². The quantitative estimate of drug-likeness (QED) is 0.429. The van der Waals surface area contributed by atoms with Gasteiger partial charge in [-0.3, -0.25) is 4.79 Å². The van der Waals surface area contributed by atoms with E-state index in [0.29, 0.717) is 11.4 Å². The van der Waals surface area contributed by atoms with E-state index in [-0.39, 0.29) is 12.5 Å². The molecule has 0 aliphatic heterocycles. The normalized spacial score (nSPS) is 12.2. The van der Waals surface area contributed by atoms with Gasteiger partial charge in [0.15, 0.2) is 0 Å². The van der Waals surface area contributed by atoms with E-state index in [1.807, 2.05) is 31.2 Å². The zero-order chi connectivity index (χ0) is 14.3. The number of nitrogens with zero attached hydrogens (tertiary/aromatic N) is 2. The van der Waals surface area contributed by atoms with Gasteiger partial charge in [-0.1, -0.05) is 22.9 Å². The molecule has 0 fully saturated rings. The lowest BCUT2D eigenvalue weighted by Crippen LogP contribution is -2.27. The summed E-state index contributed by atoms with van der Waals surface area (Å²) in [5.74, 6) is -0.273. The Labute approximate surface area is 112 Å². The van der Waals surface area contributed by atoms with Gasteiger partial charge in [0.2, 0.25) is 0 Å². The third-order valence-corrected chi connectivity index (χ3v) is 2.53. The van der Waals surface area contributed by atoms with Crippen LogP contribution in [0.4, 0.5) is 5.69 Å². The second kappa shape index (κ2) is 7.15. The molecule has 1 amide bonds. The van der Waals surface area contributed by atoms with Gasteiger partial charge < -0.3 is 10.5 Å². The molecule has 1 aromatic carbocycles. The van der Waals surface area contributed by atoms with Crippen LogP contribution in [0.1, 0.15) is 19.4 Å². The van der Waals surface area contributed by atoms with Crippen molar-refractivity contribution >= 4 is 23.0 Å². The van der Waals surface area contributed by atoms with Gasteiger partial charge in [0, 0.05) is 5.69 Å². The number of hydrazone groups is 1. The van der Waals surface area contributed by atoms with Crippen LogP contribution in [0.5, 0.6) is 0 Å². The summed E-state index contributed by atoms with van der Waals surface area (Å²) in [7, 11) is 0. The van der Waals surface area contributed by atoms with E-state index in [1.54, 1.807) is 13.8 Å². The molecule has 0 unspecified atom stereocenters. The first kappa shape index (κ1) is 14.7. The standard InChI is InChI=1S/C13H18N4O2/c1-9-4-6-12(7-5-9)14-8-13(18)16-15-10(2)11(3)17-19/h4-7,14,19H,8H2,1-3H3,(H,16,18)/b15-10+,17-11+. The number of rotatable bonds is 5. The van der Waals surface area contributed by atoms with Gasteiger partial charge in [0.25, 0.3) is 5.91 Å². The molecule has 0 aliphatic rings. The lowest BCUT2D eigenvalue weighted by atomic mass is 10.2. The molecular weight excluding hydrogens is 244 g/mol. The van der Waals surface area contributed by atoms with Gasteiger partial charge in [-0.15, -0.1) is 0 Å². The van der Waals surface area contributed by atoms with E-state index >= 15 is 0 Å². The summed E-state index contributed by atoms with van der Waals surface area (Å²) >= 11 is 0. The van der Waals surface area contributed by atoms with Crippen LogP contribution in [0.2, 0.25) is 0 Å². The average molecular weight is 262 g/mol. The summed E-state index contributed by atoms with van der Waals surface area (Å²) in [4.78, 5) is 11.5. The van der Waals surface area contributed by atoms with Gasteiger partial charge in [-0.2, -0.15) is 5.10 Å². The number of hydrogen-bond donors (Lipinski definition) is 3. The predicted molar refractivity (Wildman–Crippen MR) is 75.8 cm³/mol. The van der Waals surface area contributed by atoms with E-state index in [9.17, 15) is 4.79 Å². The van der Waals surface area contributed by atoms with Crippen molar-refractivity contribution in [3.8, 4) is 0 Å². The number of nitrogens with one attached hydrogen (secondary N) is 2. The fraction of sp³-hybridized carbons (Fsp3) is 0.308. The summed E-state index contributed by atoms with van der Waals surface area (Å²) in [5, 5.41) is 18.3. The maximum atomic E-state index is 11.5. The molecular formula is C13H18N4O2. The highest BCUT2D eigenvalue weighted by Gasteiger charge is 2.01. The third kappa shape index (κ3) is 5.20. The van der Waals surface area contributed by atoms with Crippen molar-refractivity contribution in [2.75, 3.05) is 11.9 Å². The maximum Gasteiger partial charge on any atom is 0.259 e. The lowest BCUT2D eigenvalue weighted by Gasteiger charge is -2.06. The highest BCUT2D eigenvalue weighted by Crippen LogP contribution is 2.07. The first-order chi connectivity index (χ1) is 9.02. The van der Waals surface area contributed by atoms with Gasteiger partial charge in [0.1, 0.15) is 0 Å². The largest absolute Gasteiger partial charge is 0.411 e. The minimum absolute atomic E-state index is 0.120. The molecule has 6 heteroatoms. The Balaban J connectivity index is 2.42. The summed E-state index contributed by atoms with van der Waals surface area (Å²) in [6.07, 6.45) is 0. The van der Waals surface area contributed by atoms with Gasteiger partial charge in [-0.25, -0.2) is 5.43 Å². The van der Waals surface area contributed by atoms with Crippen LogP contribution in [0.3, 0.4) is 0 Å². The van der Waals surface area contributed by atoms with Crippen molar-refractivity contribution in [2.45, 2.75) is 20.8 Å². The summed E-state index contributed by atoms with van der Waals surface area (Å²) in [6, 6.07) is 7.73. The number of hydrogen-bond acceptors (Lipinski definition) is 5. The molecule has 1 rings (SSSR count). The highest BCUT2D eigenvalue weighted by molar-refractivity contribution is 6.40. The van der Waals surface area contributed by atoms with Crippen molar-refractivity contribution in [3.05, 3.63) is 29.8 Å². The van der Waals surface area contributed by atoms with Crippen LogP contribution in [-0.4, -0.2) is 29.1 Å². The predicted octanol–water partition coefficient (Wildman–Crippen LogP) is 1.75. The van der Waals surface area contributed by atoms with Crippen molar-refractivity contribution in [3.63, 3.8) is 0 Å². The number of oxime groups is 1. The number of amides is 1. The lowest BCUT2D eigenvalue weighted by molar-refractivity contribution is -0.119. The van der Waals surface area contributed by atoms with Crippen LogP contribution in [0.25, 0.3) is 0 Å². The number of aryl methyl sites for hydroxylation is 1. The number of carbonyl (C=O) groups is 1. The molecule has 6 nitrogen and oxygen atoms in total. The first-order valence-electron chi connectivity index (χ1n) is 5.85. The molecule has 102 valence electrons. The Kier molecular flexibility index (Phi) is 5.53. The second-order valence-electron chi connectivity index (χ2n) is 4.14.